The van der Waals surface area contributed by atoms with Gasteiger partial charge < -0.3 is 19.7 Å². The van der Waals surface area contributed by atoms with Crippen LogP contribution in [0, 0.1) is 0 Å². The first-order valence-corrected chi connectivity index (χ1v) is 4.92. The number of aliphatic hydroxyl groups excluding tert-OH is 2. The van der Waals surface area contributed by atoms with Crippen molar-refractivity contribution in [2.75, 3.05) is 19.1 Å². The molecule has 0 amide bonds. The zero-order valence-electron chi connectivity index (χ0n) is 6.90. The maximum absolute atomic E-state index is 9.17. The van der Waals surface area contributed by atoms with Crippen LogP contribution in [0.2, 0.25) is 0 Å². The van der Waals surface area contributed by atoms with Crippen molar-refractivity contribution in [3.8, 4) is 0 Å². The van der Waals surface area contributed by atoms with Crippen LogP contribution >= 0.6 is 23.2 Å². The van der Waals surface area contributed by atoms with E-state index in [1.807, 2.05) is 0 Å². The molecule has 4 unspecified atom stereocenters. The molecule has 0 aromatic rings. The Morgan fingerprint density at radius 1 is 1.54 bits per heavy atom. The molecule has 0 aliphatic carbocycles. The standard InChI is InChI=1S/C7H12Cl2O4/c8-1-4-3-12-7(13-4)6(9)5(11)2-10/h4-7,10-11H,1-3H2. The quantitative estimate of drug-likeness (QED) is 0.665. The van der Waals surface area contributed by atoms with Gasteiger partial charge in [-0.3, -0.25) is 0 Å². The van der Waals surface area contributed by atoms with Gasteiger partial charge in [0.2, 0.25) is 0 Å². The minimum absolute atomic E-state index is 0.182. The maximum Gasteiger partial charge on any atom is 0.177 e. The lowest BCUT2D eigenvalue weighted by Crippen LogP contribution is -2.36. The number of ether oxygens (including phenoxy) is 2. The predicted molar refractivity (Wildman–Crippen MR) is 48.1 cm³/mol. The molecule has 4 atom stereocenters. The van der Waals surface area contributed by atoms with Crippen LogP contribution in [0.5, 0.6) is 0 Å². The number of aliphatic hydroxyl groups is 2. The smallest absolute Gasteiger partial charge is 0.177 e. The molecule has 0 bridgehead atoms. The fourth-order valence-electron chi connectivity index (χ4n) is 1.00. The van der Waals surface area contributed by atoms with Crippen molar-refractivity contribution in [3.63, 3.8) is 0 Å². The molecule has 1 fully saturated rings. The van der Waals surface area contributed by atoms with Crippen LogP contribution in [-0.4, -0.2) is 53.2 Å². The minimum atomic E-state index is -1.04. The van der Waals surface area contributed by atoms with Gasteiger partial charge >= 0.3 is 0 Å². The topological polar surface area (TPSA) is 58.9 Å². The van der Waals surface area contributed by atoms with Gasteiger partial charge in [-0.1, -0.05) is 0 Å². The van der Waals surface area contributed by atoms with Gasteiger partial charge in [0.1, 0.15) is 5.38 Å². The molecule has 1 saturated heterocycles. The molecule has 0 aromatic carbocycles. The molecule has 1 rings (SSSR count). The molecule has 1 heterocycles. The molecule has 0 saturated carbocycles. The number of hydrogen-bond donors (Lipinski definition) is 2. The van der Waals surface area contributed by atoms with Gasteiger partial charge in [0.15, 0.2) is 6.29 Å². The lowest BCUT2D eigenvalue weighted by Gasteiger charge is -2.19. The molecule has 0 radical (unpaired) electrons. The summed E-state index contributed by atoms with van der Waals surface area (Å²) >= 11 is 11.3. The van der Waals surface area contributed by atoms with Gasteiger partial charge in [-0.15, -0.1) is 23.2 Å². The Hall–Kier alpha value is 0.420. The summed E-state index contributed by atoms with van der Waals surface area (Å²) in [4.78, 5) is 0. The Morgan fingerprint density at radius 3 is 2.69 bits per heavy atom. The Morgan fingerprint density at radius 2 is 2.23 bits per heavy atom. The molecule has 0 spiro atoms. The van der Waals surface area contributed by atoms with Crippen LogP contribution < -0.4 is 0 Å². The number of rotatable bonds is 4. The second-order valence-corrected chi connectivity index (χ2v) is 3.62. The highest BCUT2D eigenvalue weighted by atomic mass is 35.5. The normalized spacial score (nSPS) is 33.2. The average Bonchev–Trinajstić information content (AvgIpc) is 2.63. The molecule has 1 aliphatic rings. The fourth-order valence-corrected chi connectivity index (χ4v) is 1.37. The summed E-state index contributed by atoms with van der Waals surface area (Å²) in [6, 6.07) is 0. The third-order valence-corrected chi connectivity index (χ3v) is 2.60. The van der Waals surface area contributed by atoms with Crippen molar-refractivity contribution < 1.29 is 19.7 Å². The Bertz CT molecular complexity index is 157. The molecule has 1 aliphatic heterocycles. The molecule has 78 valence electrons. The first-order chi connectivity index (χ1) is 6.19. The highest BCUT2D eigenvalue weighted by molar-refractivity contribution is 6.21. The summed E-state index contributed by atoms with van der Waals surface area (Å²) in [5, 5.41) is 17.0. The van der Waals surface area contributed by atoms with E-state index >= 15 is 0 Å². The van der Waals surface area contributed by atoms with Gasteiger partial charge in [0.05, 0.1) is 31.3 Å². The highest BCUT2D eigenvalue weighted by Gasteiger charge is 2.34. The zero-order valence-corrected chi connectivity index (χ0v) is 8.41. The van der Waals surface area contributed by atoms with Gasteiger partial charge in [0, 0.05) is 0 Å². The first-order valence-electron chi connectivity index (χ1n) is 3.95. The molecule has 13 heavy (non-hydrogen) atoms. The van der Waals surface area contributed by atoms with Crippen LogP contribution in [0.4, 0.5) is 0 Å². The number of halogens is 2. The second-order valence-electron chi connectivity index (χ2n) is 2.81. The van der Waals surface area contributed by atoms with E-state index in [-0.39, 0.29) is 6.10 Å². The summed E-state index contributed by atoms with van der Waals surface area (Å²) < 4.78 is 10.4. The molecular formula is C7H12Cl2O4. The van der Waals surface area contributed by atoms with Crippen molar-refractivity contribution in [2.45, 2.75) is 23.9 Å². The first kappa shape index (κ1) is 11.5. The largest absolute Gasteiger partial charge is 0.394 e. The van der Waals surface area contributed by atoms with E-state index < -0.39 is 24.4 Å². The SMILES string of the molecule is OCC(O)C(Cl)C1OCC(CCl)O1. The maximum atomic E-state index is 9.17. The lowest BCUT2D eigenvalue weighted by molar-refractivity contribution is -0.0823. The van der Waals surface area contributed by atoms with Crippen molar-refractivity contribution in [1.29, 1.82) is 0 Å². The van der Waals surface area contributed by atoms with Crippen LogP contribution in [0.15, 0.2) is 0 Å². The fraction of sp³-hybridized carbons (Fsp3) is 1.00. The molecule has 4 nitrogen and oxygen atoms in total. The van der Waals surface area contributed by atoms with E-state index in [1.54, 1.807) is 0 Å². The highest BCUT2D eigenvalue weighted by Crippen LogP contribution is 2.21. The number of hydrogen-bond acceptors (Lipinski definition) is 4. The van der Waals surface area contributed by atoms with E-state index in [2.05, 4.69) is 0 Å². The van der Waals surface area contributed by atoms with Crippen LogP contribution in [-0.2, 0) is 9.47 Å². The summed E-state index contributed by atoms with van der Waals surface area (Å²) in [7, 11) is 0. The molecule has 2 N–H and O–H groups in total. The van der Waals surface area contributed by atoms with E-state index in [1.165, 1.54) is 0 Å². The summed E-state index contributed by atoms with van der Waals surface area (Å²) in [6.07, 6.45) is -1.91. The lowest BCUT2D eigenvalue weighted by atomic mass is 10.2. The molecular weight excluding hydrogens is 219 g/mol. The second kappa shape index (κ2) is 5.34. The van der Waals surface area contributed by atoms with E-state index in [0.29, 0.717) is 12.5 Å². The predicted octanol–water partition coefficient (Wildman–Crippen LogP) is -0.0727. The van der Waals surface area contributed by atoms with Gasteiger partial charge in [0.25, 0.3) is 0 Å². The van der Waals surface area contributed by atoms with Crippen LogP contribution in [0.25, 0.3) is 0 Å². The summed E-state index contributed by atoms with van der Waals surface area (Å²) in [5.41, 5.74) is 0. The average molecular weight is 231 g/mol. The van der Waals surface area contributed by atoms with Gasteiger partial charge in [-0.25, -0.2) is 0 Å². The zero-order chi connectivity index (χ0) is 9.84. The number of alkyl halides is 2. The Labute approximate surface area is 86.3 Å². The van der Waals surface area contributed by atoms with Crippen molar-refractivity contribution in [3.05, 3.63) is 0 Å². The third-order valence-electron chi connectivity index (χ3n) is 1.76. The summed E-state index contributed by atoms with van der Waals surface area (Å²) in [5.74, 6) is 0.329. The van der Waals surface area contributed by atoms with E-state index in [9.17, 15) is 5.11 Å². The molecule has 6 heteroatoms. The van der Waals surface area contributed by atoms with Crippen molar-refractivity contribution >= 4 is 23.2 Å². The van der Waals surface area contributed by atoms with Gasteiger partial charge in [-0.05, 0) is 0 Å². The van der Waals surface area contributed by atoms with E-state index in [4.69, 9.17) is 37.8 Å². The monoisotopic (exact) mass is 230 g/mol. The Kier molecular flexibility index (Phi) is 4.72. The van der Waals surface area contributed by atoms with E-state index in [0.717, 1.165) is 0 Å². The van der Waals surface area contributed by atoms with Gasteiger partial charge in [-0.2, -0.15) is 0 Å². The van der Waals surface area contributed by atoms with Crippen molar-refractivity contribution in [1.82, 2.24) is 0 Å². The van der Waals surface area contributed by atoms with Crippen molar-refractivity contribution in [2.24, 2.45) is 0 Å². The third kappa shape index (κ3) is 2.94. The van der Waals surface area contributed by atoms with Crippen LogP contribution in [0.1, 0.15) is 0 Å². The minimum Gasteiger partial charge on any atom is -0.394 e. The summed E-state index contributed by atoms with van der Waals surface area (Å²) in [6.45, 7) is -0.0432. The van der Waals surface area contributed by atoms with Crippen LogP contribution in [0.3, 0.4) is 0 Å². The molecule has 0 aromatic heterocycles. The Balaban J connectivity index is 2.36.